The van der Waals surface area contributed by atoms with Crippen molar-refractivity contribution >= 4 is 62.9 Å². The summed E-state index contributed by atoms with van der Waals surface area (Å²) in [6.45, 7) is 1.27. The van der Waals surface area contributed by atoms with E-state index in [1.165, 1.54) is 27.6 Å². The highest BCUT2D eigenvalue weighted by molar-refractivity contribution is 7.17. The highest BCUT2D eigenvalue weighted by Crippen LogP contribution is 2.38. The molecule has 0 radical (unpaired) electrons. The van der Waals surface area contributed by atoms with Gasteiger partial charge in [0, 0.05) is 22.9 Å². The van der Waals surface area contributed by atoms with E-state index >= 15 is 0 Å². The molecule has 0 aromatic carbocycles. The lowest BCUT2D eigenvalue weighted by molar-refractivity contribution is -0.145. The van der Waals surface area contributed by atoms with Gasteiger partial charge in [-0.05, 0) is 30.5 Å². The van der Waals surface area contributed by atoms with Gasteiger partial charge in [0.1, 0.15) is 17.1 Å². The zero-order chi connectivity index (χ0) is 23.1. The number of carbonyl (C=O) groups excluding carboxylic acids is 3. The molecule has 0 atom stereocenters. The van der Waals surface area contributed by atoms with Crippen molar-refractivity contribution in [2.24, 2.45) is 0 Å². The Kier molecular flexibility index (Phi) is 8.14. The molecule has 0 aliphatic heterocycles. The highest BCUT2D eigenvalue weighted by Gasteiger charge is 2.23. The number of likely N-dealkylation sites (N-methyl/N-ethyl adjacent to an activating group) is 1. The number of amides is 1. The number of esters is 2. The number of ether oxygens (including phenoxy) is 2. The molecule has 12 heteroatoms. The van der Waals surface area contributed by atoms with Crippen LogP contribution in [0, 0.1) is 0 Å². The molecular weight excluding hydrogens is 476 g/mol. The molecule has 3 rings (SSSR count). The number of thiophene rings is 2. The van der Waals surface area contributed by atoms with Crippen LogP contribution in [0.5, 0.6) is 0 Å². The molecule has 0 saturated heterocycles. The first-order valence-electron chi connectivity index (χ1n) is 9.37. The fourth-order valence-corrected chi connectivity index (χ4v) is 4.50. The molecule has 3 aromatic rings. The topological polar surface area (TPSA) is 111 Å². The maximum absolute atomic E-state index is 12.5. The lowest BCUT2D eigenvalue weighted by Crippen LogP contribution is -2.30. The normalized spacial score (nSPS) is 10.5. The van der Waals surface area contributed by atoms with Gasteiger partial charge >= 0.3 is 11.9 Å². The Morgan fingerprint density at radius 2 is 1.97 bits per heavy atom. The standard InChI is InChI=1S/C20H19ClN4O5S2/c1-3-29-20(28)18-12(13-5-4-8-31-13)11-32-19(18)22-16(26)10-30-17(27)9-25(2)15-7-6-14(21)23-24-15/h4-8,11H,3,9-10H2,1-2H3,(H,22,26). The summed E-state index contributed by atoms with van der Waals surface area (Å²) in [5.74, 6) is -1.31. The van der Waals surface area contributed by atoms with E-state index in [1.54, 1.807) is 31.5 Å². The van der Waals surface area contributed by atoms with Crippen LogP contribution in [-0.4, -0.2) is 54.8 Å². The van der Waals surface area contributed by atoms with Crippen molar-refractivity contribution in [3.8, 4) is 10.4 Å². The number of rotatable bonds is 9. The molecule has 3 aromatic heterocycles. The minimum Gasteiger partial charge on any atom is -0.462 e. The van der Waals surface area contributed by atoms with Gasteiger partial charge in [-0.25, -0.2) is 4.79 Å². The molecule has 0 bridgehead atoms. The molecule has 0 aliphatic carbocycles. The second-order valence-corrected chi connectivity index (χ2v) is 8.55. The SMILES string of the molecule is CCOC(=O)c1c(-c2cccs2)csc1NC(=O)COC(=O)CN(C)c1ccc(Cl)nn1. The quantitative estimate of drug-likeness (QED) is 0.448. The Hall–Kier alpha value is -3.02. The van der Waals surface area contributed by atoms with Crippen molar-refractivity contribution in [1.82, 2.24) is 10.2 Å². The predicted octanol–water partition coefficient (Wildman–Crippen LogP) is 3.71. The van der Waals surface area contributed by atoms with Crippen molar-refractivity contribution in [2.45, 2.75) is 6.92 Å². The molecule has 3 heterocycles. The van der Waals surface area contributed by atoms with Gasteiger partial charge in [-0.3, -0.25) is 9.59 Å². The smallest absolute Gasteiger partial charge is 0.341 e. The second kappa shape index (κ2) is 11.0. The molecule has 1 amide bonds. The van der Waals surface area contributed by atoms with E-state index in [0.717, 1.165) is 4.88 Å². The third kappa shape index (κ3) is 6.02. The average molecular weight is 495 g/mol. The van der Waals surface area contributed by atoms with Crippen molar-refractivity contribution in [3.05, 3.63) is 45.7 Å². The maximum Gasteiger partial charge on any atom is 0.341 e. The molecule has 0 spiro atoms. The summed E-state index contributed by atoms with van der Waals surface area (Å²) < 4.78 is 10.2. The summed E-state index contributed by atoms with van der Waals surface area (Å²) in [5, 5.41) is 14.4. The van der Waals surface area contributed by atoms with Gasteiger partial charge in [0.05, 0.1) is 6.61 Å². The largest absolute Gasteiger partial charge is 0.462 e. The fraction of sp³-hybridized carbons (Fsp3) is 0.250. The third-order valence-electron chi connectivity index (χ3n) is 4.05. The second-order valence-electron chi connectivity index (χ2n) is 6.33. The van der Waals surface area contributed by atoms with Crippen LogP contribution in [0.2, 0.25) is 5.15 Å². The van der Waals surface area contributed by atoms with Crippen LogP contribution >= 0.6 is 34.3 Å². The first-order valence-corrected chi connectivity index (χ1v) is 11.5. The number of anilines is 2. The Bertz CT molecular complexity index is 1090. The van der Waals surface area contributed by atoms with Crippen LogP contribution in [0.25, 0.3) is 10.4 Å². The first kappa shape index (κ1) is 23.6. The summed E-state index contributed by atoms with van der Waals surface area (Å²) in [5.41, 5.74) is 0.960. The molecule has 1 N–H and O–H groups in total. The Morgan fingerprint density at radius 1 is 1.16 bits per heavy atom. The van der Waals surface area contributed by atoms with Gasteiger partial charge in [0.15, 0.2) is 17.6 Å². The van der Waals surface area contributed by atoms with Crippen LogP contribution in [-0.2, 0) is 19.1 Å². The van der Waals surface area contributed by atoms with Gasteiger partial charge in [-0.1, -0.05) is 17.7 Å². The molecule has 9 nitrogen and oxygen atoms in total. The van der Waals surface area contributed by atoms with Crippen molar-refractivity contribution in [1.29, 1.82) is 0 Å². The van der Waals surface area contributed by atoms with Gasteiger partial charge in [-0.15, -0.1) is 32.9 Å². The van der Waals surface area contributed by atoms with Gasteiger partial charge in [-0.2, -0.15) is 0 Å². The Labute approximate surface area is 196 Å². The average Bonchev–Trinajstić information content (AvgIpc) is 3.42. The van der Waals surface area contributed by atoms with E-state index in [2.05, 4.69) is 15.5 Å². The number of hydrogen-bond acceptors (Lipinski definition) is 10. The van der Waals surface area contributed by atoms with E-state index < -0.39 is 24.5 Å². The van der Waals surface area contributed by atoms with Gasteiger partial charge < -0.3 is 19.7 Å². The maximum atomic E-state index is 12.5. The zero-order valence-corrected chi connectivity index (χ0v) is 19.6. The van der Waals surface area contributed by atoms with Gasteiger partial charge in [0.25, 0.3) is 5.91 Å². The van der Waals surface area contributed by atoms with Gasteiger partial charge in [0.2, 0.25) is 0 Å². The first-order chi connectivity index (χ1) is 15.4. The molecule has 0 aliphatic rings. The molecule has 0 saturated carbocycles. The molecular formula is C20H19ClN4O5S2. The van der Waals surface area contributed by atoms with Crippen molar-refractivity contribution in [2.75, 3.05) is 37.0 Å². The Balaban J connectivity index is 1.60. The monoisotopic (exact) mass is 494 g/mol. The molecule has 0 unspecified atom stereocenters. The number of nitrogens with one attached hydrogen (secondary N) is 1. The minimum absolute atomic E-state index is 0.140. The van der Waals surface area contributed by atoms with Crippen LogP contribution < -0.4 is 10.2 Å². The zero-order valence-electron chi connectivity index (χ0n) is 17.2. The summed E-state index contributed by atoms with van der Waals surface area (Å²) in [4.78, 5) is 39.3. The summed E-state index contributed by atoms with van der Waals surface area (Å²) in [6.07, 6.45) is 0. The van der Waals surface area contributed by atoms with Crippen molar-refractivity contribution < 1.29 is 23.9 Å². The van der Waals surface area contributed by atoms with Crippen LogP contribution in [0.4, 0.5) is 10.8 Å². The van der Waals surface area contributed by atoms with E-state index in [0.29, 0.717) is 16.4 Å². The third-order valence-corrected chi connectivity index (χ3v) is 6.05. The van der Waals surface area contributed by atoms with E-state index in [-0.39, 0.29) is 23.9 Å². The number of carbonyl (C=O) groups is 3. The Morgan fingerprint density at radius 3 is 2.62 bits per heavy atom. The summed E-state index contributed by atoms with van der Waals surface area (Å²) in [7, 11) is 1.63. The van der Waals surface area contributed by atoms with E-state index in [4.69, 9.17) is 21.1 Å². The summed E-state index contributed by atoms with van der Waals surface area (Å²) in [6, 6.07) is 6.90. The van der Waals surface area contributed by atoms with Crippen molar-refractivity contribution in [3.63, 3.8) is 0 Å². The molecule has 0 fully saturated rings. The lowest BCUT2D eigenvalue weighted by atomic mass is 10.1. The predicted molar refractivity (Wildman–Crippen MR) is 123 cm³/mol. The lowest BCUT2D eigenvalue weighted by Gasteiger charge is -2.16. The highest BCUT2D eigenvalue weighted by atomic mass is 35.5. The number of aromatic nitrogens is 2. The van der Waals surface area contributed by atoms with Crippen LogP contribution in [0.3, 0.4) is 0 Å². The number of hydrogen-bond donors (Lipinski definition) is 1. The van der Waals surface area contributed by atoms with E-state index in [9.17, 15) is 14.4 Å². The molecule has 168 valence electrons. The molecule has 32 heavy (non-hydrogen) atoms. The fourth-order valence-electron chi connectivity index (χ4n) is 2.61. The van der Waals surface area contributed by atoms with E-state index in [1.807, 2.05) is 17.5 Å². The van der Waals surface area contributed by atoms with Crippen LogP contribution in [0.1, 0.15) is 17.3 Å². The number of halogens is 1. The minimum atomic E-state index is -0.629. The summed E-state index contributed by atoms with van der Waals surface area (Å²) >= 11 is 8.37. The number of nitrogens with zero attached hydrogens (tertiary/aromatic N) is 3. The van der Waals surface area contributed by atoms with Crippen LogP contribution in [0.15, 0.2) is 35.0 Å².